The minimum atomic E-state index is -3.52. The summed E-state index contributed by atoms with van der Waals surface area (Å²) in [6.45, 7) is 1.34. The van der Waals surface area contributed by atoms with E-state index < -0.39 is 10.0 Å². The summed E-state index contributed by atoms with van der Waals surface area (Å²) >= 11 is 0. The van der Waals surface area contributed by atoms with Gasteiger partial charge in [-0.25, -0.2) is 8.42 Å². The zero-order chi connectivity index (χ0) is 15.5. The third kappa shape index (κ3) is 4.18. The molecule has 0 aromatic heterocycles. The Morgan fingerprint density at radius 1 is 1.33 bits per heavy atom. The van der Waals surface area contributed by atoms with E-state index in [2.05, 4.69) is 0 Å². The molecule has 0 aliphatic carbocycles. The van der Waals surface area contributed by atoms with Crippen LogP contribution in [0.25, 0.3) is 0 Å². The van der Waals surface area contributed by atoms with Gasteiger partial charge < -0.3 is 10.6 Å². The maximum Gasteiger partial charge on any atom is 0.237 e. The monoisotopic (exact) mass is 311 g/mol. The summed E-state index contributed by atoms with van der Waals surface area (Å²) < 4.78 is 25.7. The fourth-order valence-electron chi connectivity index (χ4n) is 2.36. The number of nitrogens with zero attached hydrogens (tertiary/aromatic N) is 2. The van der Waals surface area contributed by atoms with Gasteiger partial charge in [-0.3, -0.25) is 4.79 Å². The predicted molar refractivity (Wildman–Crippen MR) is 81.9 cm³/mol. The van der Waals surface area contributed by atoms with E-state index in [9.17, 15) is 13.2 Å². The second kappa shape index (κ2) is 6.44. The van der Waals surface area contributed by atoms with Crippen LogP contribution in [0.15, 0.2) is 24.3 Å². The number of nitrogen functional groups attached to an aromatic ring is 1. The van der Waals surface area contributed by atoms with Gasteiger partial charge in [-0.15, -0.1) is 0 Å². The third-order valence-corrected chi connectivity index (χ3v) is 5.37. The molecule has 1 aromatic rings. The number of benzene rings is 1. The van der Waals surface area contributed by atoms with E-state index in [4.69, 9.17) is 5.73 Å². The van der Waals surface area contributed by atoms with Gasteiger partial charge in [0, 0.05) is 25.8 Å². The van der Waals surface area contributed by atoms with E-state index in [0.29, 0.717) is 11.3 Å². The highest BCUT2D eigenvalue weighted by molar-refractivity contribution is 7.88. The molecule has 0 atom stereocenters. The van der Waals surface area contributed by atoms with Crippen LogP contribution >= 0.6 is 0 Å². The van der Waals surface area contributed by atoms with Crippen molar-refractivity contribution in [2.45, 2.75) is 18.6 Å². The first-order chi connectivity index (χ1) is 9.88. The summed E-state index contributed by atoms with van der Waals surface area (Å²) in [6.07, 6.45) is 1.98. The highest BCUT2D eigenvalue weighted by Crippen LogP contribution is 2.14. The number of likely N-dealkylation sites (N-methyl/N-ethyl adjacent to an activating group) is 1. The standard InChI is InChI=1S/C14H21N3O3S/c1-16(10-14(18)17-7-2-3-8-17)21(19,20)11-12-5-4-6-13(15)9-12/h4-6,9H,2-3,7-8,10-11,15H2,1H3. The molecule has 0 spiro atoms. The fourth-order valence-corrected chi connectivity index (χ4v) is 3.49. The van der Waals surface area contributed by atoms with E-state index in [1.165, 1.54) is 7.05 Å². The SMILES string of the molecule is CN(CC(=O)N1CCCC1)S(=O)(=O)Cc1cccc(N)c1. The molecule has 1 aliphatic rings. The van der Waals surface area contributed by atoms with Crippen LogP contribution in [0.4, 0.5) is 5.69 Å². The lowest BCUT2D eigenvalue weighted by atomic mass is 10.2. The molecule has 6 nitrogen and oxygen atoms in total. The van der Waals surface area contributed by atoms with Crippen molar-refractivity contribution in [3.8, 4) is 0 Å². The second-order valence-corrected chi connectivity index (χ2v) is 7.42. The third-order valence-electron chi connectivity index (χ3n) is 3.59. The normalized spacial score (nSPS) is 15.6. The van der Waals surface area contributed by atoms with Crippen LogP contribution in [0.2, 0.25) is 0 Å². The van der Waals surface area contributed by atoms with Gasteiger partial charge in [-0.05, 0) is 30.5 Å². The molecule has 0 radical (unpaired) electrons. The number of hydrogen-bond donors (Lipinski definition) is 1. The molecule has 0 bridgehead atoms. The van der Waals surface area contributed by atoms with Crippen molar-refractivity contribution in [1.82, 2.24) is 9.21 Å². The smallest absolute Gasteiger partial charge is 0.237 e. The molecule has 0 saturated carbocycles. The molecule has 1 aliphatic heterocycles. The summed E-state index contributed by atoms with van der Waals surface area (Å²) in [5.41, 5.74) is 6.79. The Kier molecular flexibility index (Phi) is 4.84. The first kappa shape index (κ1) is 15.8. The van der Waals surface area contributed by atoms with Gasteiger partial charge in [0.25, 0.3) is 0 Å². The summed E-state index contributed by atoms with van der Waals surface area (Å²) in [7, 11) is -2.08. The van der Waals surface area contributed by atoms with E-state index >= 15 is 0 Å². The number of amides is 1. The number of carbonyl (C=O) groups is 1. The van der Waals surface area contributed by atoms with Crippen LogP contribution in [0.1, 0.15) is 18.4 Å². The van der Waals surface area contributed by atoms with E-state index in [-0.39, 0.29) is 18.2 Å². The highest BCUT2D eigenvalue weighted by Gasteiger charge is 2.25. The average molecular weight is 311 g/mol. The largest absolute Gasteiger partial charge is 0.399 e. The van der Waals surface area contributed by atoms with Crippen LogP contribution in [-0.2, 0) is 20.6 Å². The zero-order valence-corrected chi connectivity index (χ0v) is 13.0. The molecule has 21 heavy (non-hydrogen) atoms. The molecule has 2 rings (SSSR count). The van der Waals surface area contributed by atoms with E-state index in [1.54, 1.807) is 29.2 Å². The molecule has 1 saturated heterocycles. The number of carbonyl (C=O) groups excluding carboxylic acids is 1. The number of anilines is 1. The van der Waals surface area contributed by atoms with Crippen molar-refractivity contribution >= 4 is 21.6 Å². The highest BCUT2D eigenvalue weighted by atomic mass is 32.2. The first-order valence-electron chi connectivity index (χ1n) is 6.95. The number of likely N-dealkylation sites (tertiary alicyclic amines) is 1. The van der Waals surface area contributed by atoms with Gasteiger partial charge in [-0.1, -0.05) is 12.1 Å². The van der Waals surface area contributed by atoms with Crippen LogP contribution in [0.5, 0.6) is 0 Å². The second-order valence-electron chi connectivity index (χ2n) is 5.35. The fraction of sp³-hybridized carbons (Fsp3) is 0.500. The van der Waals surface area contributed by atoms with Crippen molar-refractivity contribution < 1.29 is 13.2 Å². The minimum absolute atomic E-state index is 0.106. The Balaban J connectivity index is 1.99. The summed E-state index contributed by atoms with van der Waals surface area (Å²) in [4.78, 5) is 13.7. The van der Waals surface area contributed by atoms with Gasteiger partial charge in [0.05, 0.1) is 12.3 Å². The Hall–Kier alpha value is -1.60. The van der Waals surface area contributed by atoms with Crippen LogP contribution in [-0.4, -0.2) is 50.2 Å². The number of rotatable bonds is 5. The van der Waals surface area contributed by atoms with Crippen LogP contribution in [0, 0.1) is 0 Å². The molecule has 7 heteroatoms. The Morgan fingerprint density at radius 2 is 2.00 bits per heavy atom. The maximum atomic E-state index is 12.3. The summed E-state index contributed by atoms with van der Waals surface area (Å²) in [5, 5.41) is 0. The lowest BCUT2D eigenvalue weighted by Crippen LogP contribution is -2.40. The lowest BCUT2D eigenvalue weighted by molar-refractivity contribution is -0.130. The quantitative estimate of drug-likeness (QED) is 0.809. The average Bonchev–Trinajstić information content (AvgIpc) is 2.91. The van der Waals surface area contributed by atoms with E-state index in [1.807, 2.05) is 0 Å². The first-order valence-corrected chi connectivity index (χ1v) is 8.55. The van der Waals surface area contributed by atoms with Crippen molar-refractivity contribution in [3.63, 3.8) is 0 Å². The van der Waals surface area contributed by atoms with Crippen LogP contribution < -0.4 is 5.73 Å². The van der Waals surface area contributed by atoms with Crippen molar-refractivity contribution in [3.05, 3.63) is 29.8 Å². The van der Waals surface area contributed by atoms with Crippen LogP contribution in [0.3, 0.4) is 0 Å². The minimum Gasteiger partial charge on any atom is -0.399 e. The van der Waals surface area contributed by atoms with Gasteiger partial charge >= 0.3 is 0 Å². The Labute approximate surface area is 125 Å². The Bertz CT molecular complexity index is 610. The predicted octanol–water partition coefficient (Wildman–Crippen LogP) is 0.653. The van der Waals surface area contributed by atoms with Gasteiger partial charge in [0.2, 0.25) is 15.9 Å². The molecule has 0 unspecified atom stereocenters. The van der Waals surface area contributed by atoms with Crippen molar-refractivity contribution in [2.75, 3.05) is 32.4 Å². The number of hydrogen-bond acceptors (Lipinski definition) is 4. The van der Waals surface area contributed by atoms with Gasteiger partial charge in [0.15, 0.2) is 0 Å². The number of nitrogens with two attached hydrogens (primary N) is 1. The van der Waals surface area contributed by atoms with Gasteiger partial charge in [0.1, 0.15) is 0 Å². The molecule has 1 heterocycles. The summed E-state index contributed by atoms with van der Waals surface area (Å²) in [6, 6.07) is 6.77. The molecular formula is C14H21N3O3S. The molecular weight excluding hydrogens is 290 g/mol. The van der Waals surface area contributed by atoms with Gasteiger partial charge in [-0.2, -0.15) is 4.31 Å². The molecule has 1 amide bonds. The topological polar surface area (TPSA) is 83.7 Å². The zero-order valence-electron chi connectivity index (χ0n) is 12.2. The molecule has 2 N–H and O–H groups in total. The maximum absolute atomic E-state index is 12.3. The summed E-state index contributed by atoms with van der Waals surface area (Å²) in [5.74, 6) is -0.284. The van der Waals surface area contributed by atoms with Crippen molar-refractivity contribution in [2.24, 2.45) is 0 Å². The Morgan fingerprint density at radius 3 is 2.62 bits per heavy atom. The molecule has 1 fully saturated rings. The lowest BCUT2D eigenvalue weighted by Gasteiger charge is -2.21. The number of sulfonamides is 1. The van der Waals surface area contributed by atoms with Crippen molar-refractivity contribution in [1.29, 1.82) is 0 Å². The van der Waals surface area contributed by atoms with E-state index in [0.717, 1.165) is 30.2 Å². The molecule has 1 aromatic carbocycles. The molecule has 116 valence electrons.